The molecule has 0 amide bonds. The summed E-state index contributed by atoms with van der Waals surface area (Å²) in [7, 11) is 0. The summed E-state index contributed by atoms with van der Waals surface area (Å²) in [5, 5.41) is 8.01. The fourth-order valence-corrected chi connectivity index (χ4v) is 1.63. The van der Waals surface area contributed by atoms with Crippen molar-refractivity contribution in [3.8, 4) is 5.69 Å². The summed E-state index contributed by atoms with van der Waals surface area (Å²) >= 11 is 0. The normalized spacial score (nSPS) is 11.8. The average Bonchev–Trinajstić information content (AvgIpc) is 2.76. The van der Waals surface area contributed by atoms with Crippen LogP contribution in [-0.2, 0) is 12.0 Å². The van der Waals surface area contributed by atoms with Crippen LogP contribution < -0.4 is 5.73 Å². The van der Waals surface area contributed by atoms with Crippen molar-refractivity contribution in [1.29, 1.82) is 0 Å². The molecule has 2 N–H and O–H groups in total. The van der Waals surface area contributed by atoms with Crippen molar-refractivity contribution in [3.63, 3.8) is 0 Å². The maximum absolute atomic E-state index is 5.51. The smallest absolute Gasteiger partial charge is 0.0967 e. The monoisotopic (exact) mass is 230 g/mol. The van der Waals surface area contributed by atoms with Gasteiger partial charge in [-0.1, -0.05) is 38.1 Å². The molecule has 0 saturated heterocycles. The molecule has 2 aromatic rings. The van der Waals surface area contributed by atoms with Gasteiger partial charge in [-0.3, -0.25) is 0 Å². The van der Waals surface area contributed by atoms with Crippen molar-refractivity contribution in [2.45, 2.75) is 32.7 Å². The lowest BCUT2D eigenvalue weighted by atomic mass is 9.87. The molecule has 4 heteroatoms. The van der Waals surface area contributed by atoms with Gasteiger partial charge in [-0.2, -0.15) is 0 Å². The van der Waals surface area contributed by atoms with E-state index in [-0.39, 0.29) is 5.41 Å². The fraction of sp³-hybridized carbons (Fsp3) is 0.385. The maximum atomic E-state index is 5.51. The van der Waals surface area contributed by atoms with E-state index >= 15 is 0 Å². The second kappa shape index (κ2) is 4.30. The Morgan fingerprint density at radius 2 is 1.82 bits per heavy atom. The molecule has 2 rings (SSSR count). The van der Waals surface area contributed by atoms with Crippen LogP contribution in [0.2, 0.25) is 0 Å². The number of hydrogen-bond donors (Lipinski definition) is 1. The van der Waals surface area contributed by atoms with E-state index in [1.165, 1.54) is 5.56 Å². The molecule has 90 valence electrons. The highest BCUT2D eigenvalue weighted by atomic mass is 15.4. The Labute approximate surface area is 101 Å². The molecule has 0 aliphatic heterocycles. The van der Waals surface area contributed by atoms with Crippen molar-refractivity contribution in [1.82, 2.24) is 15.0 Å². The molecular weight excluding hydrogens is 212 g/mol. The Hall–Kier alpha value is -1.68. The van der Waals surface area contributed by atoms with E-state index < -0.39 is 0 Å². The molecule has 0 fully saturated rings. The topological polar surface area (TPSA) is 56.7 Å². The Kier molecular flexibility index (Phi) is 2.98. The van der Waals surface area contributed by atoms with E-state index in [1.54, 1.807) is 4.68 Å². The van der Waals surface area contributed by atoms with E-state index in [0.29, 0.717) is 6.54 Å². The predicted molar refractivity (Wildman–Crippen MR) is 68.0 cm³/mol. The van der Waals surface area contributed by atoms with E-state index in [2.05, 4.69) is 55.3 Å². The first-order valence-electron chi connectivity index (χ1n) is 5.73. The van der Waals surface area contributed by atoms with Gasteiger partial charge in [-0.15, -0.1) is 5.10 Å². The molecule has 1 heterocycles. The van der Waals surface area contributed by atoms with Gasteiger partial charge in [0, 0.05) is 6.54 Å². The summed E-state index contributed by atoms with van der Waals surface area (Å²) in [6.07, 6.45) is 1.85. The standard InChI is InChI=1S/C13H18N4/c1-13(2,3)10-4-6-12(7-5-10)17-9-11(8-14)15-16-17/h4-7,9H,8,14H2,1-3H3. The highest BCUT2D eigenvalue weighted by Gasteiger charge is 2.13. The molecule has 17 heavy (non-hydrogen) atoms. The minimum Gasteiger partial charge on any atom is -0.325 e. The number of nitrogens with two attached hydrogens (primary N) is 1. The number of aromatic nitrogens is 3. The Balaban J connectivity index is 2.29. The number of rotatable bonds is 2. The summed E-state index contributed by atoms with van der Waals surface area (Å²) in [6, 6.07) is 8.35. The fourth-order valence-electron chi connectivity index (χ4n) is 1.63. The second-order valence-electron chi connectivity index (χ2n) is 5.16. The first-order chi connectivity index (χ1) is 8.00. The van der Waals surface area contributed by atoms with Gasteiger partial charge in [-0.25, -0.2) is 4.68 Å². The molecule has 0 aliphatic carbocycles. The van der Waals surface area contributed by atoms with Crippen molar-refractivity contribution in [2.24, 2.45) is 5.73 Å². The molecule has 1 aromatic carbocycles. The molecule has 0 spiro atoms. The van der Waals surface area contributed by atoms with Gasteiger partial charge in [0.2, 0.25) is 0 Å². The molecule has 1 aromatic heterocycles. The molecule has 0 radical (unpaired) electrons. The zero-order chi connectivity index (χ0) is 12.5. The van der Waals surface area contributed by atoms with Crippen LogP contribution in [0.4, 0.5) is 0 Å². The Morgan fingerprint density at radius 1 is 1.18 bits per heavy atom. The van der Waals surface area contributed by atoms with Gasteiger partial charge in [0.15, 0.2) is 0 Å². The van der Waals surface area contributed by atoms with Gasteiger partial charge in [0.1, 0.15) is 0 Å². The van der Waals surface area contributed by atoms with Crippen LogP contribution >= 0.6 is 0 Å². The van der Waals surface area contributed by atoms with Crippen molar-refractivity contribution >= 4 is 0 Å². The summed E-state index contributed by atoms with van der Waals surface area (Å²) < 4.78 is 1.74. The number of nitrogens with zero attached hydrogens (tertiary/aromatic N) is 3. The van der Waals surface area contributed by atoms with Crippen molar-refractivity contribution in [2.75, 3.05) is 0 Å². The second-order valence-corrected chi connectivity index (χ2v) is 5.16. The lowest BCUT2D eigenvalue weighted by molar-refractivity contribution is 0.590. The minimum absolute atomic E-state index is 0.170. The third-order valence-corrected chi connectivity index (χ3v) is 2.75. The molecule has 0 unspecified atom stereocenters. The zero-order valence-electron chi connectivity index (χ0n) is 10.5. The largest absolute Gasteiger partial charge is 0.325 e. The van der Waals surface area contributed by atoms with Gasteiger partial charge < -0.3 is 5.73 Å². The van der Waals surface area contributed by atoms with E-state index in [0.717, 1.165) is 11.4 Å². The van der Waals surface area contributed by atoms with E-state index in [1.807, 2.05) is 6.20 Å². The molecule has 0 saturated carbocycles. The minimum atomic E-state index is 0.170. The van der Waals surface area contributed by atoms with Gasteiger partial charge in [0.25, 0.3) is 0 Å². The molecule has 0 bridgehead atoms. The summed E-state index contributed by atoms with van der Waals surface area (Å²) in [6.45, 7) is 7.01. The van der Waals surface area contributed by atoms with E-state index in [4.69, 9.17) is 5.73 Å². The number of benzene rings is 1. The SMILES string of the molecule is CC(C)(C)c1ccc(-n2cc(CN)nn2)cc1. The third kappa shape index (κ3) is 2.53. The highest BCUT2D eigenvalue weighted by molar-refractivity contribution is 5.36. The van der Waals surface area contributed by atoms with Crippen LogP contribution in [0.1, 0.15) is 32.0 Å². The van der Waals surface area contributed by atoms with Crippen LogP contribution in [0, 0.1) is 0 Å². The summed E-state index contributed by atoms with van der Waals surface area (Å²) in [5.41, 5.74) is 8.78. The predicted octanol–water partition coefficient (Wildman–Crippen LogP) is 2.02. The van der Waals surface area contributed by atoms with Crippen LogP contribution in [-0.4, -0.2) is 15.0 Å². The zero-order valence-corrected chi connectivity index (χ0v) is 10.5. The average molecular weight is 230 g/mol. The molecule has 0 aliphatic rings. The molecule has 0 atom stereocenters. The Bertz CT molecular complexity index is 491. The molecular formula is C13H18N4. The highest BCUT2D eigenvalue weighted by Crippen LogP contribution is 2.22. The lowest BCUT2D eigenvalue weighted by Gasteiger charge is -2.18. The Morgan fingerprint density at radius 3 is 2.29 bits per heavy atom. The van der Waals surface area contributed by atoms with Crippen LogP contribution in [0.25, 0.3) is 5.69 Å². The third-order valence-electron chi connectivity index (χ3n) is 2.75. The first kappa shape index (κ1) is 11.8. The summed E-state index contributed by atoms with van der Waals surface area (Å²) in [5.74, 6) is 0. The van der Waals surface area contributed by atoms with Gasteiger partial charge in [0.05, 0.1) is 17.6 Å². The van der Waals surface area contributed by atoms with Crippen molar-refractivity contribution in [3.05, 3.63) is 41.7 Å². The van der Waals surface area contributed by atoms with E-state index in [9.17, 15) is 0 Å². The maximum Gasteiger partial charge on any atom is 0.0967 e. The summed E-state index contributed by atoms with van der Waals surface area (Å²) in [4.78, 5) is 0. The lowest BCUT2D eigenvalue weighted by Crippen LogP contribution is -2.10. The van der Waals surface area contributed by atoms with Gasteiger partial charge >= 0.3 is 0 Å². The number of hydrogen-bond acceptors (Lipinski definition) is 3. The van der Waals surface area contributed by atoms with Crippen LogP contribution in [0.5, 0.6) is 0 Å². The first-order valence-corrected chi connectivity index (χ1v) is 5.73. The quantitative estimate of drug-likeness (QED) is 0.858. The van der Waals surface area contributed by atoms with Gasteiger partial charge in [-0.05, 0) is 23.1 Å². The molecule has 4 nitrogen and oxygen atoms in total. The van der Waals surface area contributed by atoms with Crippen molar-refractivity contribution < 1.29 is 0 Å². The van der Waals surface area contributed by atoms with Crippen LogP contribution in [0.15, 0.2) is 30.5 Å². The van der Waals surface area contributed by atoms with Crippen LogP contribution in [0.3, 0.4) is 0 Å².